The molecule has 0 spiro atoms. The molecule has 2 atom stereocenters. The van der Waals surface area contributed by atoms with Gasteiger partial charge in [-0.05, 0) is 31.7 Å². The minimum atomic E-state index is -0.332. The lowest BCUT2D eigenvalue weighted by molar-refractivity contribution is 0.0599. The van der Waals surface area contributed by atoms with E-state index < -0.39 is 0 Å². The van der Waals surface area contributed by atoms with Gasteiger partial charge in [-0.15, -0.1) is 0 Å². The second-order valence-electron chi connectivity index (χ2n) is 5.61. The van der Waals surface area contributed by atoms with E-state index in [4.69, 9.17) is 9.15 Å². The van der Waals surface area contributed by atoms with Crippen LogP contribution in [0.15, 0.2) is 10.5 Å². The maximum Gasteiger partial charge on any atom is 0.341 e. The maximum atomic E-state index is 11.5. The Morgan fingerprint density at radius 2 is 2.20 bits per heavy atom. The molecule has 1 fully saturated rings. The molecule has 0 aliphatic heterocycles. The standard InChI is InChI=1S/C16H25NO3/c1-4-12-7-5-6-8-15(12)17-10-13-9-14(11(2)20-13)16(18)19-3/h9,12,15,17H,4-8,10H2,1-3H3. The van der Waals surface area contributed by atoms with E-state index in [0.29, 0.717) is 23.9 Å². The second kappa shape index (κ2) is 6.93. The zero-order valence-corrected chi connectivity index (χ0v) is 12.7. The fraction of sp³-hybridized carbons (Fsp3) is 0.688. The molecule has 1 aromatic heterocycles. The van der Waals surface area contributed by atoms with Crippen LogP contribution in [0.4, 0.5) is 0 Å². The lowest BCUT2D eigenvalue weighted by atomic mass is 9.83. The number of nitrogens with one attached hydrogen (secondary N) is 1. The average molecular weight is 279 g/mol. The molecule has 1 aliphatic carbocycles. The number of esters is 1. The molecule has 20 heavy (non-hydrogen) atoms. The van der Waals surface area contributed by atoms with Gasteiger partial charge in [0, 0.05) is 6.04 Å². The van der Waals surface area contributed by atoms with E-state index in [1.807, 2.05) is 0 Å². The molecular weight excluding hydrogens is 254 g/mol. The number of hydrogen-bond donors (Lipinski definition) is 1. The molecule has 1 heterocycles. The van der Waals surface area contributed by atoms with Gasteiger partial charge >= 0.3 is 5.97 Å². The van der Waals surface area contributed by atoms with Crippen molar-refractivity contribution in [3.63, 3.8) is 0 Å². The van der Waals surface area contributed by atoms with Crippen LogP contribution in [0.25, 0.3) is 0 Å². The zero-order chi connectivity index (χ0) is 14.5. The highest BCUT2D eigenvalue weighted by atomic mass is 16.5. The molecule has 4 heteroatoms. The third kappa shape index (κ3) is 3.42. The molecule has 0 aromatic carbocycles. The molecule has 2 rings (SSSR count). The first-order valence-electron chi connectivity index (χ1n) is 7.56. The van der Waals surface area contributed by atoms with Crippen LogP contribution >= 0.6 is 0 Å². The largest absolute Gasteiger partial charge is 0.465 e. The van der Waals surface area contributed by atoms with Crippen LogP contribution in [-0.4, -0.2) is 19.1 Å². The summed E-state index contributed by atoms with van der Waals surface area (Å²) >= 11 is 0. The van der Waals surface area contributed by atoms with Crippen LogP contribution in [-0.2, 0) is 11.3 Å². The van der Waals surface area contributed by atoms with Crippen molar-refractivity contribution >= 4 is 5.97 Å². The molecule has 4 nitrogen and oxygen atoms in total. The van der Waals surface area contributed by atoms with Gasteiger partial charge in [-0.3, -0.25) is 0 Å². The molecule has 0 saturated heterocycles. The molecule has 1 aromatic rings. The molecule has 0 amide bonds. The van der Waals surface area contributed by atoms with Crippen LogP contribution in [0, 0.1) is 12.8 Å². The maximum absolute atomic E-state index is 11.5. The summed E-state index contributed by atoms with van der Waals surface area (Å²) in [5, 5.41) is 3.59. The van der Waals surface area contributed by atoms with E-state index in [9.17, 15) is 4.79 Å². The van der Waals surface area contributed by atoms with E-state index in [0.717, 1.165) is 11.7 Å². The van der Waals surface area contributed by atoms with Gasteiger partial charge in [-0.2, -0.15) is 0 Å². The van der Waals surface area contributed by atoms with Crippen LogP contribution < -0.4 is 5.32 Å². The quantitative estimate of drug-likeness (QED) is 0.839. The van der Waals surface area contributed by atoms with Gasteiger partial charge in [0.25, 0.3) is 0 Å². The number of furan rings is 1. The summed E-state index contributed by atoms with van der Waals surface area (Å²) in [6.07, 6.45) is 6.44. The Hall–Kier alpha value is -1.29. The molecule has 0 radical (unpaired) electrons. The first-order valence-corrected chi connectivity index (χ1v) is 7.56. The number of methoxy groups -OCH3 is 1. The highest BCUT2D eigenvalue weighted by Gasteiger charge is 2.23. The van der Waals surface area contributed by atoms with E-state index >= 15 is 0 Å². The van der Waals surface area contributed by atoms with Gasteiger partial charge in [0.2, 0.25) is 0 Å². The van der Waals surface area contributed by atoms with Crippen molar-refractivity contribution in [3.05, 3.63) is 23.2 Å². The molecule has 1 N–H and O–H groups in total. The molecular formula is C16H25NO3. The van der Waals surface area contributed by atoms with E-state index in [-0.39, 0.29) is 5.97 Å². The summed E-state index contributed by atoms with van der Waals surface area (Å²) in [6.45, 7) is 4.74. The Morgan fingerprint density at radius 1 is 1.45 bits per heavy atom. The first kappa shape index (κ1) is 15.1. The zero-order valence-electron chi connectivity index (χ0n) is 12.7. The molecule has 112 valence electrons. The van der Waals surface area contributed by atoms with Gasteiger partial charge < -0.3 is 14.5 Å². The van der Waals surface area contributed by atoms with Crippen molar-refractivity contribution in [2.75, 3.05) is 7.11 Å². The third-order valence-corrected chi connectivity index (χ3v) is 4.35. The summed E-state index contributed by atoms with van der Waals surface area (Å²) in [5.74, 6) is 1.87. The van der Waals surface area contributed by atoms with Crippen LogP contribution in [0.2, 0.25) is 0 Å². The van der Waals surface area contributed by atoms with Crippen molar-refractivity contribution < 1.29 is 13.9 Å². The topological polar surface area (TPSA) is 51.5 Å². The summed E-state index contributed by atoms with van der Waals surface area (Å²) in [5.41, 5.74) is 0.528. The highest BCUT2D eigenvalue weighted by Crippen LogP contribution is 2.27. The predicted molar refractivity (Wildman–Crippen MR) is 77.7 cm³/mol. The SMILES string of the molecule is CCC1CCCCC1NCc1cc(C(=O)OC)c(C)o1. The Balaban J connectivity index is 1.95. The summed E-state index contributed by atoms with van der Waals surface area (Å²) < 4.78 is 10.4. The van der Waals surface area contributed by atoms with Gasteiger partial charge in [0.1, 0.15) is 17.1 Å². The monoisotopic (exact) mass is 279 g/mol. The van der Waals surface area contributed by atoms with Crippen molar-refractivity contribution in [2.45, 2.75) is 58.5 Å². The third-order valence-electron chi connectivity index (χ3n) is 4.35. The van der Waals surface area contributed by atoms with E-state index in [1.165, 1.54) is 39.2 Å². The van der Waals surface area contributed by atoms with Gasteiger partial charge in [0.15, 0.2) is 0 Å². The molecule has 2 unspecified atom stereocenters. The van der Waals surface area contributed by atoms with E-state index in [1.54, 1.807) is 13.0 Å². The average Bonchev–Trinajstić information content (AvgIpc) is 2.85. The van der Waals surface area contributed by atoms with Crippen molar-refractivity contribution in [1.82, 2.24) is 5.32 Å². The van der Waals surface area contributed by atoms with Gasteiger partial charge in [-0.1, -0.05) is 26.2 Å². The number of rotatable bonds is 5. The first-order chi connectivity index (χ1) is 9.65. The number of aryl methyl sites for hydroxylation is 1. The minimum absolute atomic E-state index is 0.332. The molecule has 0 bridgehead atoms. The summed E-state index contributed by atoms with van der Waals surface area (Å²) in [4.78, 5) is 11.5. The lowest BCUT2D eigenvalue weighted by Gasteiger charge is -2.31. The van der Waals surface area contributed by atoms with Crippen molar-refractivity contribution in [3.8, 4) is 0 Å². The summed E-state index contributed by atoms with van der Waals surface area (Å²) in [7, 11) is 1.39. The second-order valence-corrected chi connectivity index (χ2v) is 5.61. The Labute approximate surface area is 120 Å². The van der Waals surface area contributed by atoms with Crippen LogP contribution in [0.1, 0.15) is 60.9 Å². The van der Waals surface area contributed by atoms with Crippen LogP contribution in [0.5, 0.6) is 0 Å². The Kier molecular flexibility index (Phi) is 5.24. The predicted octanol–water partition coefficient (Wildman–Crippen LogP) is 3.43. The van der Waals surface area contributed by atoms with Crippen molar-refractivity contribution in [2.24, 2.45) is 5.92 Å². The smallest absolute Gasteiger partial charge is 0.341 e. The van der Waals surface area contributed by atoms with Gasteiger partial charge in [-0.25, -0.2) is 4.79 Å². The van der Waals surface area contributed by atoms with Crippen LogP contribution in [0.3, 0.4) is 0 Å². The number of hydrogen-bond acceptors (Lipinski definition) is 4. The molecule has 1 aliphatic rings. The lowest BCUT2D eigenvalue weighted by Crippen LogP contribution is -2.37. The number of carbonyl (C=O) groups is 1. The fourth-order valence-corrected chi connectivity index (χ4v) is 3.14. The number of carbonyl (C=O) groups excluding carboxylic acids is 1. The van der Waals surface area contributed by atoms with Crippen molar-refractivity contribution in [1.29, 1.82) is 0 Å². The Morgan fingerprint density at radius 3 is 2.90 bits per heavy atom. The fourth-order valence-electron chi connectivity index (χ4n) is 3.14. The summed E-state index contributed by atoms with van der Waals surface area (Å²) in [6, 6.07) is 2.36. The normalized spacial score (nSPS) is 22.8. The number of ether oxygens (including phenoxy) is 1. The Bertz CT molecular complexity index is 453. The minimum Gasteiger partial charge on any atom is -0.465 e. The van der Waals surface area contributed by atoms with E-state index in [2.05, 4.69) is 12.2 Å². The van der Waals surface area contributed by atoms with Gasteiger partial charge in [0.05, 0.1) is 13.7 Å². The highest BCUT2D eigenvalue weighted by molar-refractivity contribution is 5.90. The molecule has 1 saturated carbocycles.